The minimum atomic E-state index is -3.81. The molecule has 0 bridgehead atoms. The molecule has 0 aliphatic heterocycles. The summed E-state index contributed by atoms with van der Waals surface area (Å²) in [6.45, 7) is 7.59. The fourth-order valence-electron chi connectivity index (χ4n) is 2.53. The number of hydrogen-bond acceptors (Lipinski definition) is 6. The van der Waals surface area contributed by atoms with Gasteiger partial charge in [0.2, 0.25) is 0 Å². The minimum Gasteiger partial charge on any atom is -0.266 e. The zero-order valence-corrected chi connectivity index (χ0v) is 18.8. The van der Waals surface area contributed by atoms with E-state index in [2.05, 4.69) is 0 Å². The molecule has 0 radical (unpaired) electrons. The van der Waals surface area contributed by atoms with Gasteiger partial charge in [-0.15, -0.1) is 0 Å². The van der Waals surface area contributed by atoms with Crippen LogP contribution in [0.5, 0.6) is 0 Å². The molecular formula is C21H28O6S2. The van der Waals surface area contributed by atoms with Crippen molar-refractivity contribution in [2.24, 2.45) is 5.41 Å². The lowest BCUT2D eigenvalue weighted by molar-refractivity contribution is 0.186. The summed E-state index contributed by atoms with van der Waals surface area (Å²) in [5, 5.41) is 0. The first-order valence-electron chi connectivity index (χ1n) is 9.34. The molecule has 0 unspecified atom stereocenters. The Morgan fingerprint density at radius 3 is 1.28 bits per heavy atom. The van der Waals surface area contributed by atoms with Gasteiger partial charge in [0.05, 0.1) is 23.0 Å². The Bertz CT molecular complexity index is 922. The number of benzene rings is 2. The normalized spacial score (nSPS) is 12.8. The van der Waals surface area contributed by atoms with Crippen molar-refractivity contribution in [3.63, 3.8) is 0 Å². The molecule has 0 aliphatic rings. The lowest BCUT2D eigenvalue weighted by Crippen LogP contribution is -2.20. The van der Waals surface area contributed by atoms with Gasteiger partial charge in [0.15, 0.2) is 0 Å². The molecule has 0 amide bonds. The quantitative estimate of drug-likeness (QED) is 0.514. The number of aryl methyl sites for hydroxylation is 2. The summed E-state index contributed by atoms with van der Waals surface area (Å²) >= 11 is 0. The summed E-state index contributed by atoms with van der Waals surface area (Å²) in [5.41, 5.74) is 1.57. The first kappa shape index (κ1) is 23.5. The number of hydrogen-bond donors (Lipinski definition) is 0. The maximum Gasteiger partial charge on any atom is 0.296 e. The van der Waals surface area contributed by atoms with Gasteiger partial charge in [-0.3, -0.25) is 8.37 Å². The monoisotopic (exact) mass is 440 g/mol. The molecule has 0 saturated heterocycles. The minimum absolute atomic E-state index is 0.00786. The smallest absolute Gasteiger partial charge is 0.266 e. The summed E-state index contributed by atoms with van der Waals surface area (Å²) in [5.74, 6) is 0. The van der Waals surface area contributed by atoms with Crippen molar-refractivity contribution in [1.82, 2.24) is 0 Å². The molecule has 6 nitrogen and oxygen atoms in total. The van der Waals surface area contributed by atoms with Gasteiger partial charge < -0.3 is 0 Å². The van der Waals surface area contributed by atoms with Gasteiger partial charge in [-0.2, -0.15) is 16.8 Å². The van der Waals surface area contributed by atoms with E-state index in [4.69, 9.17) is 8.37 Å². The van der Waals surface area contributed by atoms with Crippen molar-refractivity contribution in [2.45, 2.75) is 50.3 Å². The third-order valence-electron chi connectivity index (χ3n) is 4.65. The van der Waals surface area contributed by atoms with Crippen molar-refractivity contribution in [1.29, 1.82) is 0 Å². The molecule has 29 heavy (non-hydrogen) atoms. The summed E-state index contributed by atoms with van der Waals surface area (Å²) in [4.78, 5) is 0.238. The van der Waals surface area contributed by atoms with E-state index in [1.165, 1.54) is 24.3 Å². The Balaban J connectivity index is 1.83. The SMILES string of the molecule is Cc1ccc(S(=O)(=O)OCCC(C)(C)CCOS(=O)(=O)c2ccc(C)cc2)cc1. The van der Waals surface area contributed by atoms with Crippen molar-refractivity contribution in [3.05, 3.63) is 59.7 Å². The third-order valence-corrected chi connectivity index (χ3v) is 7.31. The molecule has 0 spiro atoms. The van der Waals surface area contributed by atoms with Crippen LogP contribution in [0.4, 0.5) is 0 Å². The first-order valence-corrected chi connectivity index (χ1v) is 12.2. The van der Waals surface area contributed by atoms with Crippen LogP contribution < -0.4 is 0 Å². The van der Waals surface area contributed by atoms with E-state index in [-0.39, 0.29) is 28.4 Å². The van der Waals surface area contributed by atoms with E-state index in [1.54, 1.807) is 24.3 Å². The molecule has 0 N–H and O–H groups in total. The van der Waals surface area contributed by atoms with Crippen LogP contribution in [-0.2, 0) is 28.6 Å². The molecule has 0 fully saturated rings. The summed E-state index contributed by atoms with van der Waals surface area (Å²) < 4.78 is 59.2. The largest absolute Gasteiger partial charge is 0.296 e. The van der Waals surface area contributed by atoms with E-state index in [0.717, 1.165) is 11.1 Å². The molecular weight excluding hydrogens is 412 g/mol. The van der Waals surface area contributed by atoms with Gasteiger partial charge >= 0.3 is 0 Å². The first-order chi connectivity index (χ1) is 13.4. The molecule has 2 rings (SSSR count). The van der Waals surface area contributed by atoms with Crippen LogP contribution in [0, 0.1) is 19.3 Å². The van der Waals surface area contributed by atoms with Crippen molar-refractivity contribution in [3.8, 4) is 0 Å². The van der Waals surface area contributed by atoms with Crippen LogP contribution in [0.15, 0.2) is 58.3 Å². The molecule has 0 atom stereocenters. The van der Waals surface area contributed by atoms with E-state index in [9.17, 15) is 16.8 Å². The Labute approximate surface area is 174 Å². The third kappa shape index (κ3) is 7.22. The van der Waals surface area contributed by atoms with Crippen LogP contribution in [0.1, 0.15) is 37.8 Å². The molecule has 8 heteroatoms. The van der Waals surface area contributed by atoms with Gasteiger partial charge in [0, 0.05) is 0 Å². The highest BCUT2D eigenvalue weighted by molar-refractivity contribution is 7.87. The maximum absolute atomic E-state index is 12.2. The highest BCUT2D eigenvalue weighted by Gasteiger charge is 2.23. The fraction of sp³-hybridized carbons (Fsp3) is 0.429. The van der Waals surface area contributed by atoms with Crippen molar-refractivity contribution < 1.29 is 25.2 Å². The lowest BCUT2D eigenvalue weighted by Gasteiger charge is -2.24. The van der Waals surface area contributed by atoms with Crippen LogP contribution in [0.2, 0.25) is 0 Å². The zero-order valence-electron chi connectivity index (χ0n) is 17.2. The predicted octanol–water partition coefficient (Wildman–Crippen LogP) is 4.22. The predicted molar refractivity (Wildman–Crippen MR) is 112 cm³/mol. The molecule has 0 aromatic heterocycles. The Morgan fingerprint density at radius 1 is 0.655 bits per heavy atom. The molecule has 0 aliphatic carbocycles. The van der Waals surface area contributed by atoms with E-state index in [1.807, 2.05) is 27.7 Å². The van der Waals surface area contributed by atoms with Crippen LogP contribution in [-0.4, -0.2) is 30.0 Å². The Hall–Kier alpha value is -1.74. The molecule has 160 valence electrons. The van der Waals surface area contributed by atoms with E-state index in [0.29, 0.717) is 12.8 Å². The van der Waals surface area contributed by atoms with Crippen LogP contribution in [0.25, 0.3) is 0 Å². The second kappa shape index (κ2) is 9.38. The van der Waals surface area contributed by atoms with E-state index < -0.39 is 20.2 Å². The maximum atomic E-state index is 12.2. The average molecular weight is 441 g/mol. The second-order valence-corrected chi connectivity index (χ2v) is 11.1. The molecule has 0 heterocycles. The Morgan fingerprint density at radius 2 is 0.966 bits per heavy atom. The molecule has 2 aromatic rings. The van der Waals surface area contributed by atoms with Crippen molar-refractivity contribution >= 4 is 20.2 Å². The van der Waals surface area contributed by atoms with Gasteiger partial charge in [-0.25, -0.2) is 0 Å². The van der Waals surface area contributed by atoms with Crippen LogP contribution >= 0.6 is 0 Å². The lowest BCUT2D eigenvalue weighted by atomic mass is 9.86. The summed E-state index contributed by atoms with van der Waals surface area (Å²) in [6.07, 6.45) is 0.873. The summed E-state index contributed by atoms with van der Waals surface area (Å²) in [6, 6.07) is 12.9. The van der Waals surface area contributed by atoms with Crippen LogP contribution in [0.3, 0.4) is 0 Å². The van der Waals surface area contributed by atoms with E-state index >= 15 is 0 Å². The molecule has 2 aromatic carbocycles. The average Bonchev–Trinajstić information content (AvgIpc) is 2.61. The number of rotatable bonds is 10. The fourth-order valence-corrected chi connectivity index (χ4v) is 4.34. The van der Waals surface area contributed by atoms with Crippen molar-refractivity contribution in [2.75, 3.05) is 13.2 Å². The standard InChI is InChI=1S/C21H28O6S2/c1-17-5-9-19(10-6-17)28(22,23)26-15-13-21(3,4)14-16-27-29(24,25)20-11-7-18(2)8-12-20/h5-12H,13-16H2,1-4H3. The molecule has 0 saturated carbocycles. The summed E-state index contributed by atoms with van der Waals surface area (Å²) in [7, 11) is -7.62. The van der Waals surface area contributed by atoms with Gasteiger partial charge in [-0.1, -0.05) is 49.2 Å². The van der Waals surface area contributed by atoms with Gasteiger partial charge in [0.1, 0.15) is 0 Å². The highest BCUT2D eigenvalue weighted by Crippen LogP contribution is 2.27. The van der Waals surface area contributed by atoms with Gasteiger partial charge in [0.25, 0.3) is 20.2 Å². The zero-order chi connectivity index (χ0) is 21.7. The Kier molecular flexibility index (Phi) is 7.62. The topological polar surface area (TPSA) is 86.7 Å². The second-order valence-electron chi connectivity index (χ2n) is 7.84. The highest BCUT2D eigenvalue weighted by atomic mass is 32.2. The van der Waals surface area contributed by atoms with Gasteiger partial charge in [-0.05, 0) is 56.4 Å².